The molecule has 2 amide bonds. The molecule has 0 fully saturated rings. The second-order valence-corrected chi connectivity index (χ2v) is 12.6. The van der Waals surface area contributed by atoms with Gasteiger partial charge in [-0.15, -0.1) is 21.5 Å². The number of thiophene rings is 1. The maximum Gasteiger partial charge on any atom is 0.253 e. The Balaban J connectivity index is 1.27. The smallest absolute Gasteiger partial charge is 0.253 e. The van der Waals surface area contributed by atoms with Gasteiger partial charge in [0.1, 0.15) is 11.6 Å². The van der Waals surface area contributed by atoms with Gasteiger partial charge in [-0.2, -0.15) is 5.10 Å². The lowest BCUT2D eigenvalue weighted by atomic mass is 9.99. The van der Waals surface area contributed by atoms with Crippen molar-refractivity contribution in [2.24, 2.45) is 5.10 Å². The van der Waals surface area contributed by atoms with Crippen LogP contribution in [0.5, 0.6) is 17.2 Å². The highest BCUT2D eigenvalue weighted by atomic mass is 32.2. The third-order valence-corrected chi connectivity index (χ3v) is 9.52. The van der Waals surface area contributed by atoms with E-state index in [1.54, 1.807) is 30.1 Å². The van der Waals surface area contributed by atoms with Crippen LogP contribution in [0.1, 0.15) is 46.0 Å². The van der Waals surface area contributed by atoms with E-state index in [1.165, 1.54) is 41.0 Å². The summed E-state index contributed by atoms with van der Waals surface area (Å²) in [4.78, 5) is 27.8. The number of hydrazone groups is 1. The summed E-state index contributed by atoms with van der Waals surface area (Å²) in [6, 6.07) is 21.9. The van der Waals surface area contributed by atoms with Crippen molar-refractivity contribution < 1.29 is 28.2 Å². The van der Waals surface area contributed by atoms with Gasteiger partial charge in [-0.05, 0) is 66.9 Å². The van der Waals surface area contributed by atoms with Crippen LogP contribution in [0.15, 0.2) is 94.5 Å². The minimum absolute atomic E-state index is 0.00235. The third-order valence-electron chi connectivity index (χ3n) is 7.69. The standard InChI is InChI=1S/C35H33FN6O5S2/c1-4-47-25-15-13-24(14-16-25)41-31(20-37-34(44)22-8-5-9-23(36)18-22)38-39-35(41)49-21-32(43)42-28(19-27(40-42)30-12-7-17-48-30)26-10-6-11-29(45-2)33(26)46-3/h5-18,28H,4,19-21H2,1-3H3,(H,37,44)/t28-/m0/s1. The van der Waals surface area contributed by atoms with Crippen molar-refractivity contribution in [3.8, 4) is 22.9 Å². The van der Waals surface area contributed by atoms with Crippen LogP contribution >= 0.6 is 23.1 Å². The second-order valence-electron chi connectivity index (χ2n) is 10.7. The molecule has 6 rings (SSSR count). The van der Waals surface area contributed by atoms with Gasteiger partial charge in [-0.25, -0.2) is 9.40 Å². The van der Waals surface area contributed by atoms with E-state index in [4.69, 9.17) is 19.3 Å². The van der Waals surface area contributed by atoms with Gasteiger partial charge < -0.3 is 19.5 Å². The molecule has 3 aromatic carbocycles. The summed E-state index contributed by atoms with van der Waals surface area (Å²) in [5.74, 6) is 1.00. The third kappa shape index (κ3) is 7.44. The number of benzene rings is 3. The van der Waals surface area contributed by atoms with Crippen molar-refractivity contribution in [1.29, 1.82) is 0 Å². The number of nitrogens with zero attached hydrogens (tertiary/aromatic N) is 5. The number of ether oxygens (including phenoxy) is 3. The first-order valence-electron chi connectivity index (χ1n) is 15.4. The molecule has 1 N–H and O–H groups in total. The summed E-state index contributed by atoms with van der Waals surface area (Å²) in [6.07, 6.45) is 0.498. The van der Waals surface area contributed by atoms with Crippen LogP contribution in [0.3, 0.4) is 0 Å². The fourth-order valence-corrected chi connectivity index (χ4v) is 7.00. The van der Waals surface area contributed by atoms with Gasteiger partial charge in [0, 0.05) is 23.2 Å². The predicted molar refractivity (Wildman–Crippen MR) is 185 cm³/mol. The molecule has 3 heterocycles. The Labute approximate surface area is 290 Å². The van der Waals surface area contributed by atoms with Gasteiger partial charge >= 0.3 is 0 Å². The van der Waals surface area contributed by atoms with Crippen molar-refractivity contribution in [3.05, 3.63) is 112 Å². The number of amides is 2. The van der Waals surface area contributed by atoms with Crippen molar-refractivity contribution in [2.45, 2.75) is 31.1 Å². The first-order valence-corrected chi connectivity index (χ1v) is 17.2. The number of carbonyl (C=O) groups excluding carboxylic acids is 2. The monoisotopic (exact) mass is 700 g/mol. The summed E-state index contributed by atoms with van der Waals surface area (Å²) < 4.78 is 32.4. The SMILES string of the molecule is CCOc1ccc(-n2c(CNC(=O)c3cccc(F)c3)nnc2SCC(=O)N2N=C(c3cccs3)C[C@H]2c2cccc(OC)c2OC)cc1. The van der Waals surface area contributed by atoms with Gasteiger partial charge in [0.15, 0.2) is 22.5 Å². The highest BCUT2D eigenvalue weighted by Crippen LogP contribution is 2.42. The van der Waals surface area contributed by atoms with E-state index < -0.39 is 17.8 Å². The molecular weight excluding hydrogens is 668 g/mol. The van der Waals surface area contributed by atoms with Gasteiger partial charge in [0.2, 0.25) is 0 Å². The van der Waals surface area contributed by atoms with Crippen molar-refractivity contribution >= 4 is 40.6 Å². The number of rotatable bonds is 13. The molecule has 1 atom stereocenters. The number of halogens is 1. The summed E-state index contributed by atoms with van der Waals surface area (Å²) in [7, 11) is 3.15. The minimum atomic E-state index is -0.509. The molecule has 14 heteroatoms. The Kier molecular flexibility index (Phi) is 10.5. The predicted octanol–water partition coefficient (Wildman–Crippen LogP) is 6.28. The Morgan fingerprint density at radius 3 is 2.55 bits per heavy atom. The van der Waals surface area contributed by atoms with Crippen molar-refractivity contribution in [2.75, 3.05) is 26.6 Å². The molecule has 49 heavy (non-hydrogen) atoms. The van der Waals surface area contributed by atoms with Crippen LogP contribution in [0.4, 0.5) is 4.39 Å². The Hall–Kier alpha value is -5.21. The van der Waals surface area contributed by atoms with E-state index in [2.05, 4.69) is 15.5 Å². The maximum absolute atomic E-state index is 14.0. The molecule has 0 unspecified atom stereocenters. The first-order chi connectivity index (χ1) is 23.9. The number of thioether (sulfide) groups is 1. The molecule has 0 bridgehead atoms. The quantitative estimate of drug-likeness (QED) is 0.143. The Morgan fingerprint density at radius 1 is 1.02 bits per heavy atom. The number of hydrogen-bond acceptors (Lipinski definition) is 10. The van der Waals surface area contributed by atoms with E-state index in [0.717, 1.165) is 16.2 Å². The van der Waals surface area contributed by atoms with Gasteiger partial charge in [0.05, 0.1) is 49.8 Å². The lowest BCUT2D eigenvalue weighted by molar-refractivity contribution is -0.130. The zero-order valence-electron chi connectivity index (χ0n) is 27.0. The van der Waals surface area contributed by atoms with Gasteiger partial charge in [-0.1, -0.05) is 36.0 Å². The van der Waals surface area contributed by atoms with E-state index >= 15 is 0 Å². The highest BCUT2D eigenvalue weighted by molar-refractivity contribution is 7.99. The number of nitrogens with one attached hydrogen (secondary N) is 1. The van der Waals surface area contributed by atoms with Crippen LogP contribution in [0, 0.1) is 5.82 Å². The van der Waals surface area contributed by atoms with Gasteiger partial charge in [0.25, 0.3) is 11.8 Å². The van der Waals surface area contributed by atoms with Gasteiger partial charge in [-0.3, -0.25) is 14.2 Å². The molecule has 0 spiro atoms. The molecule has 252 valence electrons. The zero-order chi connectivity index (χ0) is 34.3. The average molecular weight is 701 g/mol. The number of para-hydroxylation sites is 1. The fourth-order valence-electron chi connectivity index (χ4n) is 5.46. The minimum Gasteiger partial charge on any atom is -0.494 e. The van der Waals surface area contributed by atoms with Crippen molar-refractivity contribution in [3.63, 3.8) is 0 Å². The molecule has 1 aliphatic rings. The molecule has 0 saturated carbocycles. The van der Waals surface area contributed by atoms with Crippen LogP contribution in [0.25, 0.3) is 5.69 Å². The normalized spacial score (nSPS) is 14.0. The second kappa shape index (κ2) is 15.3. The molecular formula is C35H33FN6O5S2. The summed E-state index contributed by atoms with van der Waals surface area (Å²) in [5.41, 5.74) is 2.47. The van der Waals surface area contributed by atoms with Crippen molar-refractivity contribution in [1.82, 2.24) is 25.1 Å². The topological polar surface area (TPSA) is 120 Å². The Bertz CT molecular complexity index is 1970. The molecule has 2 aromatic heterocycles. The Morgan fingerprint density at radius 2 is 1.84 bits per heavy atom. The van der Waals surface area contributed by atoms with E-state index in [9.17, 15) is 14.0 Å². The molecule has 0 saturated heterocycles. The van der Waals surface area contributed by atoms with E-state index in [0.29, 0.717) is 46.9 Å². The lowest BCUT2D eigenvalue weighted by Crippen LogP contribution is -2.29. The van der Waals surface area contributed by atoms with E-state index in [1.807, 2.05) is 66.9 Å². The fraction of sp³-hybridized carbons (Fsp3) is 0.229. The van der Waals surface area contributed by atoms with Crippen LogP contribution in [-0.2, 0) is 11.3 Å². The lowest BCUT2D eigenvalue weighted by Gasteiger charge is -2.24. The number of carbonyl (C=O) groups is 2. The number of aromatic nitrogens is 3. The number of methoxy groups -OCH3 is 2. The number of hydrogen-bond donors (Lipinski definition) is 1. The largest absolute Gasteiger partial charge is 0.494 e. The highest BCUT2D eigenvalue weighted by Gasteiger charge is 2.36. The first kappa shape index (κ1) is 33.7. The average Bonchev–Trinajstić information content (AvgIpc) is 3.90. The summed E-state index contributed by atoms with van der Waals surface area (Å²) >= 11 is 2.76. The molecule has 5 aromatic rings. The zero-order valence-corrected chi connectivity index (χ0v) is 28.6. The maximum atomic E-state index is 14.0. The summed E-state index contributed by atoms with van der Waals surface area (Å²) in [5, 5.41) is 20.3. The van der Waals surface area contributed by atoms with E-state index in [-0.39, 0.29) is 23.8 Å². The molecule has 1 aliphatic heterocycles. The van der Waals surface area contributed by atoms with Crippen LogP contribution in [-0.4, -0.2) is 63.9 Å². The summed E-state index contributed by atoms with van der Waals surface area (Å²) in [6.45, 7) is 2.42. The molecule has 11 nitrogen and oxygen atoms in total. The molecule has 0 aliphatic carbocycles. The van der Waals surface area contributed by atoms with Crippen LogP contribution < -0.4 is 19.5 Å². The molecule has 0 radical (unpaired) electrons. The van der Waals surface area contributed by atoms with Crippen LogP contribution in [0.2, 0.25) is 0 Å².